The van der Waals surface area contributed by atoms with Gasteiger partial charge in [-0.15, -0.1) is 6.58 Å². The fourth-order valence-corrected chi connectivity index (χ4v) is 3.18. The van der Waals surface area contributed by atoms with Gasteiger partial charge in [0.1, 0.15) is 0 Å². The van der Waals surface area contributed by atoms with Crippen LogP contribution in [-0.2, 0) is 4.79 Å². The molecule has 0 aliphatic heterocycles. The molecule has 0 spiro atoms. The highest BCUT2D eigenvalue weighted by molar-refractivity contribution is 7.99. The fraction of sp³-hybridized carbons (Fsp3) is 0.100. The van der Waals surface area contributed by atoms with Gasteiger partial charge in [-0.2, -0.15) is 0 Å². The lowest BCUT2D eigenvalue weighted by molar-refractivity contribution is -0.118. The van der Waals surface area contributed by atoms with E-state index in [4.69, 9.17) is 4.98 Å². The first-order chi connectivity index (χ1) is 12.3. The summed E-state index contributed by atoms with van der Waals surface area (Å²) in [5, 5.41) is 3.58. The highest BCUT2D eigenvalue weighted by Gasteiger charge is 2.13. The summed E-state index contributed by atoms with van der Waals surface area (Å²) in [5.41, 5.74) is 2.96. The molecule has 1 aromatic heterocycles. The molecule has 0 radical (unpaired) electrons. The van der Waals surface area contributed by atoms with Crippen LogP contribution in [0.4, 0.5) is 0 Å². The van der Waals surface area contributed by atoms with Crippen LogP contribution in [0.25, 0.3) is 16.9 Å². The summed E-state index contributed by atoms with van der Waals surface area (Å²) < 4.78 is 2.02. The van der Waals surface area contributed by atoms with Crippen molar-refractivity contribution in [3.8, 4) is 16.9 Å². The zero-order valence-corrected chi connectivity index (χ0v) is 14.6. The molecule has 0 atom stereocenters. The molecule has 2 aromatic carbocycles. The van der Waals surface area contributed by atoms with Gasteiger partial charge in [-0.05, 0) is 12.1 Å². The lowest BCUT2D eigenvalue weighted by Gasteiger charge is -2.07. The predicted molar refractivity (Wildman–Crippen MR) is 103 cm³/mol. The number of benzene rings is 2. The first-order valence-corrected chi connectivity index (χ1v) is 8.97. The maximum absolute atomic E-state index is 11.9. The highest BCUT2D eigenvalue weighted by Crippen LogP contribution is 2.27. The average molecular weight is 349 g/mol. The Morgan fingerprint density at radius 3 is 2.48 bits per heavy atom. The maximum atomic E-state index is 11.9. The number of hydrogen-bond donors (Lipinski definition) is 1. The molecule has 25 heavy (non-hydrogen) atoms. The van der Waals surface area contributed by atoms with Crippen molar-refractivity contribution in [1.29, 1.82) is 0 Å². The third kappa shape index (κ3) is 4.39. The van der Waals surface area contributed by atoms with Gasteiger partial charge in [0.15, 0.2) is 5.16 Å². The predicted octanol–water partition coefficient (Wildman–Crippen LogP) is 3.93. The molecule has 0 saturated heterocycles. The summed E-state index contributed by atoms with van der Waals surface area (Å²) >= 11 is 1.42. The molecule has 1 heterocycles. The molecule has 3 rings (SSSR count). The SMILES string of the molecule is C=CCNC(=O)CSc1nc(-c2ccccc2)cn1-c1ccccc1. The van der Waals surface area contributed by atoms with Crippen molar-refractivity contribution in [1.82, 2.24) is 14.9 Å². The van der Waals surface area contributed by atoms with E-state index < -0.39 is 0 Å². The van der Waals surface area contributed by atoms with E-state index in [1.54, 1.807) is 6.08 Å². The largest absolute Gasteiger partial charge is 0.352 e. The molecule has 0 aliphatic carbocycles. The van der Waals surface area contributed by atoms with Crippen LogP contribution in [-0.4, -0.2) is 27.8 Å². The minimum absolute atomic E-state index is 0.0335. The summed E-state index contributed by atoms with van der Waals surface area (Å²) in [6, 6.07) is 20.0. The molecule has 126 valence electrons. The number of thioether (sulfide) groups is 1. The first-order valence-electron chi connectivity index (χ1n) is 7.98. The summed E-state index contributed by atoms with van der Waals surface area (Å²) in [7, 11) is 0. The summed E-state index contributed by atoms with van der Waals surface area (Å²) in [6.45, 7) is 4.08. The van der Waals surface area contributed by atoms with E-state index in [0.717, 1.165) is 22.1 Å². The maximum Gasteiger partial charge on any atom is 0.230 e. The van der Waals surface area contributed by atoms with Gasteiger partial charge >= 0.3 is 0 Å². The van der Waals surface area contributed by atoms with Gasteiger partial charge in [0.2, 0.25) is 5.91 Å². The molecule has 0 bridgehead atoms. The molecule has 4 nitrogen and oxygen atoms in total. The van der Waals surface area contributed by atoms with Gasteiger partial charge in [-0.25, -0.2) is 4.98 Å². The van der Waals surface area contributed by atoms with Crippen molar-refractivity contribution in [3.05, 3.63) is 79.5 Å². The molecule has 0 unspecified atom stereocenters. The van der Waals surface area contributed by atoms with Crippen LogP contribution in [0.3, 0.4) is 0 Å². The molecule has 0 fully saturated rings. The van der Waals surface area contributed by atoms with Crippen LogP contribution < -0.4 is 5.32 Å². The van der Waals surface area contributed by atoms with Crippen LogP contribution in [0.5, 0.6) is 0 Å². The van der Waals surface area contributed by atoms with Crippen LogP contribution in [0.15, 0.2) is 84.7 Å². The van der Waals surface area contributed by atoms with Crippen LogP contribution >= 0.6 is 11.8 Å². The van der Waals surface area contributed by atoms with E-state index in [1.165, 1.54) is 11.8 Å². The second-order valence-corrected chi connectivity index (χ2v) is 6.30. The van der Waals surface area contributed by atoms with E-state index in [9.17, 15) is 4.79 Å². The number of nitrogens with one attached hydrogen (secondary N) is 1. The Morgan fingerprint density at radius 1 is 1.12 bits per heavy atom. The number of hydrogen-bond acceptors (Lipinski definition) is 3. The molecule has 0 aliphatic rings. The summed E-state index contributed by atoms with van der Waals surface area (Å²) in [4.78, 5) is 16.6. The lowest BCUT2D eigenvalue weighted by atomic mass is 10.2. The van der Waals surface area contributed by atoms with Crippen molar-refractivity contribution >= 4 is 17.7 Å². The Labute approximate surface area is 151 Å². The Bertz CT molecular complexity index is 844. The highest BCUT2D eigenvalue weighted by atomic mass is 32.2. The minimum atomic E-state index is -0.0335. The number of para-hydroxylation sites is 1. The number of imidazole rings is 1. The van der Waals surface area contributed by atoms with Gasteiger partial charge in [0.05, 0.1) is 11.4 Å². The number of carbonyl (C=O) groups is 1. The smallest absolute Gasteiger partial charge is 0.230 e. The number of nitrogens with zero attached hydrogens (tertiary/aromatic N) is 2. The zero-order chi connectivity index (χ0) is 17.5. The molecular weight excluding hydrogens is 330 g/mol. The Hall–Kier alpha value is -2.79. The molecule has 1 amide bonds. The normalized spacial score (nSPS) is 10.4. The second-order valence-electron chi connectivity index (χ2n) is 5.36. The van der Waals surface area contributed by atoms with E-state index >= 15 is 0 Å². The van der Waals surface area contributed by atoms with Crippen LogP contribution in [0.1, 0.15) is 0 Å². The van der Waals surface area contributed by atoms with Crippen molar-refractivity contribution in [2.75, 3.05) is 12.3 Å². The van der Waals surface area contributed by atoms with E-state index in [-0.39, 0.29) is 5.91 Å². The monoisotopic (exact) mass is 349 g/mol. The van der Waals surface area contributed by atoms with E-state index in [0.29, 0.717) is 12.3 Å². The van der Waals surface area contributed by atoms with Crippen molar-refractivity contribution in [2.45, 2.75) is 5.16 Å². The Balaban J connectivity index is 1.88. The second kappa shape index (κ2) is 8.35. The number of rotatable bonds is 7. The first kappa shape index (κ1) is 17.0. The number of amides is 1. The van der Waals surface area contributed by atoms with Gasteiger partial charge in [-0.3, -0.25) is 9.36 Å². The van der Waals surface area contributed by atoms with E-state index in [2.05, 4.69) is 11.9 Å². The topological polar surface area (TPSA) is 46.9 Å². The van der Waals surface area contributed by atoms with Crippen LogP contribution in [0, 0.1) is 0 Å². The minimum Gasteiger partial charge on any atom is -0.352 e. The quantitative estimate of drug-likeness (QED) is 0.519. The molecule has 5 heteroatoms. The summed E-state index contributed by atoms with van der Waals surface area (Å²) in [5.74, 6) is 0.278. The van der Waals surface area contributed by atoms with Crippen molar-refractivity contribution < 1.29 is 4.79 Å². The van der Waals surface area contributed by atoms with Crippen molar-refractivity contribution in [2.24, 2.45) is 0 Å². The molecule has 3 aromatic rings. The van der Waals surface area contributed by atoms with Crippen LogP contribution in [0.2, 0.25) is 0 Å². The Morgan fingerprint density at radius 2 is 1.80 bits per heavy atom. The van der Waals surface area contributed by atoms with Gasteiger partial charge in [-0.1, -0.05) is 66.4 Å². The standard InChI is InChI=1S/C20H19N3OS/c1-2-13-21-19(24)15-25-20-22-18(16-9-5-3-6-10-16)14-23(20)17-11-7-4-8-12-17/h2-12,14H,1,13,15H2,(H,21,24). The van der Waals surface area contributed by atoms with Gasteiger partial charge < -0.3 is 5.32 Å². The van der Waals surface area contributed by atoms with E-state index in [1.807, 2.05) is 71.4 Å². The lowest BCUT2D eigenvalue weighted by Crippen LogP contribution is -2.25. The van der Waals surface area contributed by atoms with Crippen molar-refractivity contribution in [3.63, 3.8) is 0 Å². The van der Waals surface area contributed by atoms with Gasteiger partial charge in [0, 0.05) is 24.0 Å². The third-order valence-corrected chi connectivity index (χ3v) is 4.51. The number of carbonyl (C=O) groups excluding carboxylic acids is 1. The molecule has 0 saturated carbocycles. The molecule has 1 N–H and O–H groups in total. The average Bonchev–Trinajstić information content (AvgIpc) is 3.10. The fourth-order valence-electron chi connectivity index (χ4n) is 2.35. The summed E-state index contributed by atoms with van der Waals surface area (Å²) in [6.07, 6.45) is 3.68. The Kier molecular flexibility index (Phi) is 5.69. The van der Waals surface area contributed by atoms with Gasteiger partial charge in [0.25, 0.3) is 0 Å². The third-order valence-electron chi connectivity index (χ3n) is 3.55. The molecular formula is C20H19N3OS. The number of aromatic nitrogens is 2. The zero-order valence-electron chi connectivity index (χ0n) is 13.8.